The summed E-state index contributed by atoms with van der Waals surface area (Å²) < 4.78 is 5.42. The van der Waals surface area contributed by atoms with E-state index >= 15 is 0 Å². The lowest BCUT2D eigenvalue weighted by Gasteiger charge is -2.31. The molecule has 2 aliphatic rings. The normalized spacial score (nSPS) is 21.9. The van der Waals surface area contributed by atoms with Crippen LogP contribution in [0.1, 0.15) is 12.8 Å². The van der Waals surface area contributed by atoms with Gasteiger partial charge < -0.3 is 19.9 Å². The van der Waals surface area contributed by atoms with Gasteiger partial charge in [-0.2, -0.15) is 0 Å². The molecule has 0 spiro atoms. The van der Waals surface area contributed by atoms with Crippen molar-refractivity contribution in [1.29, 1.82) is 0 Å². The third-order valence-electron chi connectivity index (χ3n) is 4.31. The van der Waals surface area contributed by atoms with Crippen LogP contribution in [-0.2, 0) is 4.74 Å². The molecule has 2 fully saturated rings. The average molecular weight is 275 g/mol. The molecule has 2 heterocycles. The highest BCUT2D eigenvalue weighted by Crippen LogP contribution is 2.22. The number of nitrogens with zero attached hydrogens (tertiary/aromatic N) is 2. The molecule has 0 aliphatic carbocycles. The summed E-state index contributed by atoms with van der Waals surface area (Å²) in [6.45, 7) is 6.07. The van der Waals surface area contributed by atoms with Crippen LogP contribution in [-0.4, -0.2) is 57.4 Å². The summed E-state index contributed by atoms with van der Waals surface area (Å²) in [7, 11) is 2.20. The number of hydrogen-bond acceptors (Lipinski definition) is 4. The molecule has 4 heteroatoms. The summed E-state index contributed by atoms with van der Waals surface area (Å²) in [6, 6.07) is 9.44. The Labute approximate surface area is 121 Å². The largest absolute Gasteiger partial charge is 0.382 e. The summed E-state index contributed by atoms with van der Waals surface area (Å²) in [5.74, 6) is 0. The number of benzene rings is 1. The molecule has 0 amide bonds. The van der Waals surface area contributed by atoms with E-state index in [-0.39, 0.29) is 0 Å². The Morgan fingerprint density at radius 1 is 1.10 bits per heavy atom. The lowest BCUT2D eigenvalue weighted by atomic mass is 10.1. The molecule has 0 saturated carbocycles. The lowest BCUT2D eigenvalue weighted by molar-refractivity contribution is 0.122. The first-order valence-electron chi connectivity index (χ1n) is 7.69. The van der Waals surface area contributed by atoms with E-state index in [4.69, 9.17) is 4.74 Å². The Morgan fingerprint density at radius 2 is 1.85 bits per heavy atom. The van der Waals surface area contributed by atoms with Crippen molar-refractivity contribution in [3.8, 4) is 0 Å². The number of nitrogens with one attached hydrogen (secondary N) is 1. The average Bonchev–Trinajstić information content (AvgIpc) is 2.51. The summed E-state index contributed by atoms with van der Waals surface area (Å²) in [5.41, 5.74) is 2.56. The van der Waals surface area contributed by atoms with Crippen LogP contribution in [0.15, 0.2) is 24.3 Å². The highest BCUT2D eigenvalue weighted by molar-refractivity contribution is 5.58. The van der Waals surface area contributed by atoms with Gasteiger partial charge in [0.05, 0.1) is 13.2 Å². The standard InChI is InChI=1S/C16H25N3O/c1-18-7-5-14(6-8-18)17-15-3-2-4-16(13-15)19-9-11-20-12-10-19/h2-4,13-14,17H,5-12H2,1H3. The van der Waals surface area contributed by atoms with Crippen LogP contribution in [0.4, 0.5) is 11.4 Å². The van der Waals surface area contributed by atoms with E-state index in [2.05, 4.69) is 46.4 Å². The number of hydrogen-bond donors (Lipinski definition) is 1. The van der Waals surface area contributed by atoms with Crippen molar-refractivity contribution < 1.29 is 4.74 Å². The van der Waals surface area contributed by atoms with Crippen molar-refractivity contribution in [2.24, 2.45) is 0 Å². The fourth-order valence-corrected chi connectivity index (χ4v) is 3.00. The van der Waals surface area contributed by atoms with Gasteiger partial charge in [0, 0.05) is 30.5 Å². The van der Waals surface area contributed by atoms with Gasteiger partial charge >= 0.3 is 0 Å². The molecule has 1 aromatic carbocycles. The number of anilines is 2. The molecule has 0 radical (unpaired) electrons. The van der Waals surface area contributed by atoms with Gasteiger partial charge in [0.2, 0.25) is 0 Å². The third-order valence-corrected chi connectivity index (χ3v) is 4.31. The van der Waals surface area contributed by atoms with Gasteiger partial charge in [-0.05, 0) is 51.2 Å². The summed E-state index contributed by atoms with van der Waals surface area (Å²) >= 11 is 0. The van der Waals surface area contributed by atoms with Gasteiger partial charge in [-0.3, -0.25) is 0 Å². The van der Waals surface area contributed by atoms with Crippen LogP contribution in [0, 0.1) is 0 Å². The fourth-order valence-electron chi connectivity index (χ4n) is 3.00. The molecule has 0 bridgehead atoms. The van der Waals surface area contributed by atoms with E-state index < -0.39 is 0 Å². The van der Waals surface area contributed by atoms with Crippen LogP contribution in [0.3, 0.4) is 0 Å². The van der Waals surface area contributed by atoms with E-state index in [1.807, 2.05) is 0 Å². The smallest absolute Gasteiger partial charge is 0.0642 e. The molecule has 0 aromatic heterocycles. The maximum absolute atomic E-state index is 5.42. The van der Waals surface area contributed by atoms with Crippen molar-refractivity contribution in [2.75, 3.05) is 56.7 Å². The number of piperidine rings is 1. The Kier molecular flexibility index (Phi) is 4.43. The van der Waals surface area contributed by atoms with Gasteiger partial charge in [-0.25, -0.2) is 0 Å². The zero-order valence-electron chi connectivity index (χ0n) is 12.3. The lowest BCUT2D eigenvalue weighted by Crippen LogP contribution is -2.37. The summed E-state index contributed by atoms with van der Waals surface area (Å²) in [4.78, 5) is 4.81. The van der Waals surface area contributed by atoms with Crippen LogP contribution in [0.25, 0.3) is 0 Å². The molecular formula is C16H25N3O. The monoisotopic (exact) mass is 275 g/mol. The Bertz CT molecular complexity index is 423. The number of likely N-dealkylation sites (tertiary alicyclic amines) is 1. The molecule has 1 aromatic rings. The first kappa shape index (κ1) is 13.7. The second-order valence-corrected chi connectivity index (χ2v) is 5.87. The van der Waals surface area contributed by atoms with E-state index in [1.54, 1.807) is 0 Å². The van der Waals surface area contributed by atoms with Crippen molar-refractivity contribution >= 4 is 11.4 Å². The number of morpholine rings is 1. The highest BCUT2D eigenvalue weighted by atomic mass is 16.5. The fraction of sp³-hybridized carbons (Fsp3) is 0.625. The van der Waals surface area contributed by atoms with Crippen LogP contribution in [0.2, 0.25) is 0 Å². The second-order valence-electron chi connectivity index (χ2n) is 5.87. The highest BCUT2D eigenvalue weighted by Gasteiger charge is 2.17. The first-order chi connectivity index (χ1) is 9.81. The van der Waals surface area contributed by atoms with Gasteiger partial charge in [-0.1, -0.05) is 6.07 Å². The van der Waals surface area contributed by atoms with Crippen LogP contribution in [0.5, 0.6) is 0 Å². The molecule has 2 saturated heterocycles. The molecule has 20 heavy (non-hydrogen) atoms. The maximum atomic E-state index is 5.42. The molecule has 110 valence electrons. The summed E-state index contributed by atoms with van der Waals surface area (Å²) in [5, 5.41) is 3.70. The zero-order valence-corrected chi connectivity index (χ0v) is 12.3. The quantitative estimate of drug-likeness (QED) is 0.913. The van der Waals surface area contributed by atoms with E-state index in [0.717, 1.165) is 26.3 Å². The van der Waals surface area contributed by atoms with Gasteiger partial charge in [0.25, 0.3) is 0 Å². The molecule has 3 rings (SSSR count). The van der Waals surface area contributed by atoms with Crippen molar-refractivity contribution in [2.45, 2.75) is 18.9 Å². The minimum Gasteiger partial charge on any atom is -0.382 e. The van der Waals surface area contributed by atoms with E-state index in [1.165, 1.54) is 37.3 Å². The van der Waals surface area contributed by atoms with Crippen LogP contribution < -0.4 is 10.2 Å². The molecule has 1 N–H and O–H groups in total. The molecule has 2 aliphatic heterocycles. The van der Waals surface area contributed by atoms with E-state index in [9.17, 15) is 0 Å². The van der Waals surface area contributed by atoms with Crippen molar-refractivity contribution in [3.63, 3.8) is 0 Å². The maximum Gasteiger partial charge on any atom is 0.0642 e. The molecular weight excluding hydrogens is 250 g/mol. The topological polar surface area (TPSA) is 27.7 Å². The minimum atomic E-state index is 0.617. The van der Waals surface area contributed by atoms with Gasteiger partial charge in [0.1, 0.15) is 0 Å². The number of ether oxygens (including phenoxy) is 1. The van der Waals surface area contributed by atoms with Crippen molar-refractivity contribution in [3.05, 3.63) is 24.3 Å². The van der Waals surface area contributed by atoms with E-state index in [0.29, 0.717) is 6.04 Å². The predicted octanol–water partition coefficient (Wildman–Crippen LogP) is 2.03. The third kappa shape index (κ3) is 3.44. The Morgan fingerprint density at radius 3 is 2.60 bits per heavy atom. The van der Waals surface area contributed by atoms with Crippen molar-refractivity contribution in [1.82, 2.24) is 4.90 Å². The Balaban J connectivity index is 1.62. The SMILES string of the molecule is CN1CCC(Nc2cccc(N3CCOCC3)c2)CC1. The van der Waals surface area contributed by atoms with Crippen LogP contribution >= 0.6 is 0 Å². The molecule has 4 nitrogen and oxygen atoms in total. The minimum absolute atomic E-state index is 0.617. The molecule has 0 unspecified atom stereocenters. The van der Waals surface area contributed by atoms with Gasteiger partial charge in [-0.15, -0.1) is 0 Å². The zero-order chi connectivity index (χ0) is 13.8. The second kappa shape index (κ2) is 6.46. The molecule has 0 atom stereocenters. The number of rotatable bonds is 3. The Hall–Kier alpha value is -1.26. The van der Waals surface area contributed by atoms with Gasteiger partial charge in [0.15, 0.2) is 0 Å². The first-order valence-corrected chi connectivity index (χ1v) is 7.69. The predicted molar refractivity (Wildman–Crippen MR) is 83.6 cm³/mol. The summed E-state index contributed by atoms with van der Waals surface area (Å²) in [6.07, 6.45) is 2.47.